The first-order valence-corrected chi connectivity index (χ1v) is 9.13. The monoisotopic (exact) mass is 440 g/mol. The van der Waals surface area contributed by atoms with Crippen LogP contribution >= 0.6 is 15.9 Å². The summed E-state index contributed by atoms with van der Waals surface area (Å²) >= 11 is 3.41. The first-order valence-electron chi connectivity index (χ1n) is 8.34. The van der Waals surface area contributed by atoms with Gasteiger partial charge in [-0.25, -0.2) is 5.43 Å². The van der Waals surface area contributed by atoms with Crippen LogP contribution in [0.2, 0.25) is 0 Å². The molecule has 1 amide bonds. The summed E-state index contributed by atoms with van der Waals surface area (Å²) in [5.74, 6) is -0.375. The van der Waals surface area contributed by atoms with Crippen LogP contribution in [-0.2, 0) is 6.61 Å². The van der Waals surface area contributed by atoms with E-state index in [1.54, 1.807) is 0 Å². The Bertz CT molecular complexity index is 986. The van der Waals surface area contributed by atoms with E-state index in [2.05, 4.69) is 26.5 Å². The first kappa shape index (κ1) is 19.4. The van der Waals surface area contributed by atoms with Crippen molar-refractivity contribution in [3.05, 3.63) is 87.9 Å². The number of ether oxygens (including phenoxy) is 1. The van der Waals surface area contributed by atoms with Crippen molar-refractivity contribution in [1.82, 2.24) is 5.43 Å². The Balaban J connectivity index is 1.70. The Hall–Kier alpha value is -3.32. The second-order valence-corrected chi connectivity index (χ2v) is 6.81. The molecule has 0 unspecified atom stereocenters. The van der Waals surface area contributed by atoms with Crippen molar-refractivity contribution in [2.45, 2.75) is 6.61 Å². The molecule has 28 heavy (non-hydrogen) atoms. The lowest BCUT2D eigenvalue weighted by Gasteiger charge is -2.09. The van der Waals surface area contributed by atoms with Crippen LogP contribution in [0.1, 0.15) is 21.5 Å². The molecule has 0 radical (unpaired) electrons. The van der Waals surface area contributed by atoms with Crippen molar-refractivity contribution in [3.63, 3.8) is 0 Å². The maximum absolute atomic E-state index is 12.1. The topological polar surface area (TPSA) is 91.2 Å². The zero-order valence-electron chi connectivity index (χ0n) is 14.7. The summed E-state index contributed by atoms with van der Waals surface area (Å²) in [6.45, 7) is 0.401. The highest BCUT2D eigenvalue weighted by Gasteiger charge is 2.08. The predicted octanol–water partition coefficient (Wildman–Crippen LogP) is 4.20. The number of nitrogens with one attached hydrogen (secondary N) is 1. The van der Waals surface area contributed by atoms with Gasteiger partial charge in [-0.3, -0.25) is 4.79 Å². The SMILES string of the molecule is O=C(N/N=C/c1cc(Br)ccc1OCc1ccccc1)c1cc(O)cc(O)c1. The molecule has 0 atom stereocenters. The third-order valence-electron chi connectivity index (χ3n) is 3.74. The quantitative estimate of drug-likeness (QED) is 0.395. The van der Waals surface area contributed by atoms with Crippen LogP contribution in [0.3, 0.4) is 0 Å². The number of aromatic hydroxyl groups is 2. The van der Waals surface area contributed by atoms with E-state index in [0.29, 0.717) is 17.9 Å². The minimum atomic E-state index is -0.566. The summed E-state index contributed by atoms with van der Waals surface area (Å²) in [6.07, 6.45) is 1.46. The minimum Gasteiger partial charge on any atom is -0.508 e. The number of benzene rings is 3. The molecule has 0 bridgehead atoms. The average Bonchev–Trinajstić information content (AvgIpc) is 2.67. The normalized spacial score (nSPS) is 10.8. The van der Waals surface area contributed by atoms with E-state index in [0.717, 1.165) is 16.1 Å². The Morgan fingerprint density at radius 2 is 1.75 bits per heavy atom. The third kappa shape index (κ3) is 5.34. The number of phenols is 2. The fourth-order valence-corrected chi connectivity index (χ4v) is 2.82. The number of nitrogens with zero attached hydrogens (tertiary/aromatic N) is 1. The number of hydrogen-bond acceptors (Lipinski definition) is 5. The molecule has 7 heteroatoms. The summed E-state index contributed by atoms with van der Waals surface area (Å²) in [6, 6.07) is 18.8. The molecule has 0 aliphatic heterocycles. The fourth-order valence-electron chi connectivity index (χ4n) is 2.44. The lowest BCUT2D eigenvalue weighted by atomic mass is 10.2. The lowest BCUT2D eigenvalue weighted by Crippen LogP contribution is -2.17. The van der Waals surface area contributed by atoms with Gasteiger partial charge in [0.05, 0.1) is 6.21 Å². The van der Waals surface area contributed by atoms with E-state index >= 15 is 0 Å². The Morgan fingerprint density at radius 1 is 1.04 bits per heavy atom. The number of amides is 1. The molecule has 3 N–H and O–H groups in total. The van der Waals surface area contributed by atoms with Crippen molar-refractivity contribution < 1.29 is 19.7 Å². The fraction of sp³-hybridized carbons (Fsp3) is 0.0476. The number of hydrazone groups is 1. The Morgan fingerprint density at radius 3 is 2.46 bits per heavy atom. The molecule has 0 saturated heterocycles. The second kappa shape index (κ2) is 9.05. The van der Waals surface area contributed by atoms with Crippen molar-refractivity contribution in [1.29, 1.82) is 0 Å². The highest BCUT2D eigenvalue weighted by atomic mass is 79.9. The number of halogens is 1. The van der Waals surface area contributed by atoms with E-state index in [-0.39, 0.29) is 17.1 Å². The van der Waals surface area contributed by atoms with Gasteiger partial charge in [-0.2, -0.15) is 5.10 Å². The minimum absolute atomic E-state index is 0.0874. The molecule has 3 aromatic rings. The van der Waals surface area contributed by atoms with Gasteiger partial charge in [-0.1, -0.05) is 46.3 Å². The molecule has 3 aromatic carbocycles. The van der Waals surface area contributed by atoms with E-state index in [9.17, 15) is 15.0 Å². The van der Waals surface area contributed by atoms with Crippen molar-refractivity contribution >= 4 is 28.1 Å². The summed E-state index contributed by atoms with van der Waals surface area (Å²) in [5.41, 5.74) is 4.15. The highest BCUT2D eigenvalue weighted by Crippen LogP contribution is 2.23. The molecule has 6 nitrogen and oxygen atoms in total. The van der Waals surface area contributed by atoms with Gasteiger partial charge in [0.2, 0.25) is 0 Å². The van der Waals surface area contributed by atoms with Crippen LogP contribution in [0.5, 0.6) is 17.2 Å². The molecule has 0 fully saturated rings. The van der Waals surface area contributed by atoms with Crippen LogP contribution in [0.4, 0.5) is 0 Å². The largest absolute Gasteiger partial charge is 0.508 e. The van der Waals surface area contributed by atoms with Crippen molar-refractivity contribution in [3.8, 4) is 17.2 Å². The first-order chi connectivity index (χ1) is 13.5. The maximum atomic E-state index is 12.1. The number of carbonyl (C=O) groups excluding carboxylic acids is 1. The molecule has 142 valence electrons. The van der Waals surface area contributed by atoms with E-state index < -0.39 is 5.91 Å². The molecule has 0 aromatic heterocycles. The Kier molecular flexibility index (Phi) is 6.29. The van der Waals surface area contributed by atoms with Crippen LogP contribution < -0.4 is 10.2 Å². The van der Waals surface area contributed by atoms with Gasteiger partial charge in [-0.05, 0) is 35.9 Å². The zero-order chi connectivity index (χ0) is 19.9. The number of hydrogen-bond donors (Lipinski definition) is 3. The highest BCUT2D eigenvalue weighted by molar-refractivity contribution is 9.10. The summed E-state index contributed by atoms with van der Waals surface area (Å²) in [4.78, 5) is 12.1. The Labute approximate surface area is 170 Å². The van der Waals surface area contributed by atoms with Crippen LogP contribution in [-0.4, -0.2) is 22.3 Å². The molecular formula is C21H17BrN2O4. The van der Waals surface area contributed by atoms with Gasteiger partial charge in [0, 0.05) is 21.7 Å². The number of phenolic OH excluding ortho intramolecular Hbond substituents is 2. The molecule has 0 heterocycles. The lowest BCUT2D eigenvalue weighted by molar-refractivity contribution is 0.0954. The summed E-state index contributed by atoms with van der Waals surface area (Å²) in [5, 5.41) is 22.9. The van der Waals surface area contributed by atoms with Gasteiger partial charge >= 0.3 is 0 Å². The molecular weight excluding hydrogens is 424 g/mol. The molecule has 3 rings (SSSR count). The summed E-state index contributed by atoms with van der Waals surface area (Å²) in [7, 11) is 0. The smallest absolute Gasteiger partial charge is 0.271 e. The number of rotatable bonds is 6. The van der Waals surface area contributed by atoms with Gasteiger partial charge < -0.3 is 14.9 Å². The van der Waals surface area contributed by atoms with Crippen LogP contribution in [0, 0.1) is 0 Å². The second-order valence-electron chi connectivity index (χ2n) is 5.89. The molecule has 0 aliphatic rings. The van der Waals surface area contributed by atoms with Gasteiger partial charge in [-0.15, -0.1) is 0 Å². The van der Waals surface area contributed by atoms with Gasteiger partial charge in [0.25, 0.3) is 5.91 Å². The van der Waals surface area contributed by atoms with Crippen LogP contribution in [0.15, 0.2) is 76.3 Å². The van der Waals surface area contributed by atoms with Crippen LogP contribution in [0.25, 0.3) is 0 Å². The molecule has 0 aliphatic carbocycles. The molecule has 0 spiro atoms. The predicted molar refractivity (Wildman–Crippen MR) is 110 cm³/mol. The number of carbonyl (C=O) groups is 1. The maximum Gasteiger partial charge on any atom is 0.271 e. The van der Waals surface area contributed by atoms with Crippen molar-refractivity contribution in [2.75, 3.05) is 0 Å². The van der Waals surface area contributed by atoms with Gasteiger partial charge in [0.1, 0.15) is 23.9 Å². The standard InChI is InChI=1S/C21H17BrN2O4/c22-17-6-7-20(28-13-14-4-2-1-3-5-14)16(8-17)12-23-24-21(27)15-9-18(25)11-19(26)10-15/h1-12,25-26H,13H2,(H,24,27)/b23-12+. The van der Waals surface area contributed by atoms with Crippen molar-refractivity contribution in [2.24, 2.45) is 5.10 Å². The summed E-state index contributed by atoms with van der Waals surface area (Å²) < 4.78 is 6.70. The average molecular weight is 441 g/mol. The van der Waals surface area contributed by atoms with E-state index in [1.807, 2.05) is 48.5 Å². The zero-order valence-corrected chi connectivity index (χ0v) is 16.3. The third-order valence-corrected chi connectivity index (χ3v) is 4.24. The van der Waals surface area contributed by atoms with E-state index in [1.165, 1.54) is 18.3 Å². The van der Waals surface area contributed by atoms with Gasteiger partial charge in [0.15, 0.2) is 0 Å². The van der Waals surface area contributed by atoms with E-state index in [4.69, 9.17) is 4.74 Å². The molecule has 0 saturated carbocycles.